The molecule has 0 amide bonds. The Morgan fingerprint density at radius 2 is 1.04 bits per heavy atom. The number of nitrogens with zero attached hydrogens (tertiary/aromatic N) is 2. The second kappa shape index (κ2) is 11.9. The molecule has 0 atom stereocenters. The molecule has 2 heteroatoms. The Labute approximate surface area is 280 Å². The van der Waals surface area contributed by atoms with Crippen LogP contribution in [0, 0.1) is 0 Å². The summed E-state index contributed by atoms with van der Waals surface area (Å²) in [6, 6.07) is 50.2. The van der Waals surface area contributed by atoms with Crippen molar-refractivity contribution in [3.63, 3.8) is 0 Å². The summed E-state index contributed by atoms with van der Waals surface area (Å²) in [6.07, 6.45) is 13.0. The summed E-state index contributed by atoms with van der Waals surface area (Å²) in [6.45, 7) is 0. The van der Waals surface area contributed by atoms with E-state index in [0.29, 0.717) is 0 Å². The lowest BCUT2D eigenvalue weighted by Gasteiger charge is -2.20. The molecular formula is C46H32N2. The molecule has 0 saturated carbocycles. The topological polar surface area (TPSA) is 25.8 Å². The van der Waals surface area contributed by atoms with E-state index in [1.165, 1.54) is 54.9 Å². The molecule has 48 heavy (non-hydrogen) atoms. The molecule has 226 valence electrons. The molecule has 0 N–H and O–H groups in total. The lowest BCUT2D eigenvalue weighted by molar-refractivity contribution is 1.04. The Morgan fingerprint density at radius 3 is 1.79 bits per heavy atom. The van der Waals surface area contributed by atoms with Crippen molar-refractivity contribution in [1.29, 1.82) is 0 Å². The monoisotopic (exact) mass is 612 g/mol. The Balaban J connectivity index is 1.40. The molecule has 1 heterocycles. The normalized spacial score (nSPS) is 12.9. The third-order valence-corrected chi connectivity index (χ3v) is 9.59. The van der Waals surface area contributed by atoms with Crippen LogP contribution in [0.5, 0.6) is 0 Å². The van der Waals surface area contributed by atoms with Crippen LogP contribution < -0.4 is 0 Å². The molecule has 2 nitrogen and oxygen atoms in total. The summed E-state index contributed by atoms with van der Waals surface area (Å²) in [5.74, 6) is 0.726. The van der Waals surface area contributed by atoms with Crippen molar-refractivity contribution in [1.82, 2.24) is 9.97 Å². The van der Waals surface area contributed by atoms with Gasteiger partial charge in [0.25, 0.3) is 0 Å². The highest BCUT2D eigenvalue weighted by molar-refractivity contribution is 6.23. The van der Waals surface area contributed by atoms with E-state index in [1.807, 2.05) is 18.5 Å². The maximum absolute atomic E-state index is 5.06. The van der Waals surface area contributed by atoms with Crippen molar-refractivity contribution in [3.05, 3.63) is 176 Å². The maximum atomic E-state index is 5.06. The van der Waals surface area contributed by atoms with Crippen LogP contribution in [-0.2, 0) is 0 Å². The Hall–Kier alpha value is -6.12. The van der Waals surface area contributed by atoms with Gasteiger partial charge in [-0.2, -0.15) is 0 Å². The molecule has 0 saturated heterocycles. The first kappa shape index (κ1) is 28.1. The van der Waals surface area contributed by atoms with Crippen molar-refractivity contribution in [2.45, 2.75) is 12.8 Å². The zero-order chi connectivity index (χ0) is 31.9. The molecular weight excluding hydrogens is 581 g/mol. The van der Waals surface area contributed by atoms with Gasteiger partial charge in [0.2, 0.25) is 0 Å². The quantitative estimate of drug-likeness (QED) is 0.181. The minimum absolute atomic E-state index is 0.726. The lowest BCUT2D eigenvalue weighted by Crippen LogP contribution is -1.97. The summed E-state index contributed by atoms with van der Waals surface area (Å²) in [7, 11) is 0. The molecule has 0 fully saturated rings. The summed E-state index contributed by atoms with van der Waals surface area (Å²) in [5.41, 5.74) is 10.5. The summed E-state index contributed by atoms with van der Waals surface area (Å²) < 4.78 is 0. The minimum atomic E-state index is 0.726. The molecule has 1 aliphatic rings. The van der Waals surface area contributed by atoms with Gasteiger partial charge in [0, 0.05) is 23.5 Å². The average Bonchev–Trinajstić information content (AvgIpc) is 3.17. The first-order valence-corrected chi connectivity index (χ1v) is 16.6. The van der Waals surface area contributed by atoms with E-state index in [2.05, 4.69) is 152 Å². The van der Waals surface area contributed by atoms with E-state index in [0.717, 1.165) is 46.1 Å². The molecule has 0 aliphatic heterocycles. The average molecular weight is 613 g/mol. The molecule has 0 spiro atoms. The SMILES string of the molecule is C1=CC(c2ccc3c(-c4ncc(-c5ccccc5)cn4)c4cc(-c5ccccc5)ccc4c(-c4cccc5ccccc45)c3c2)=CCC1. The van der Waals surface area contributed by atoms with E-state index >= 15 is 0 Å². The molecule has 7 aromatic carbocycles. The summed E-state index contributed by atoms with van der Waals surface area (Å²) >= 11 is 0. The minimum Gasteiger partial charge on any atom is -0.236 e. The smallest absolute Gasteiger partial charge is 0.160 e. The van der Waals surface area contributed by atoms with E-state index in [9.17, 15) is 0 Å². The van der Waals surface area contributed by atoms with Crippen LogP contribution in [0.3, 0.4) is 0 Å². The number of aromatic nitrogens is 2. The van der Waals surface area contributed by atoms with Gasteiger partial charge in [-0.05, 0) is 96.2 Å². The molecule has 0 bridgehead atoms. The highest BCUT2D eigenvalue weighted by Crippen LogP contribution is 2.46. The van der Waals surface area contributed by atoms with Gasteiger partial charge in [0.05, 0.1) is 0 Å². The van der Waals surface area contributed by atoms with Crippen molar-refractivity contribution in [3.8, 4) is 44.8 Å². The number of allylic oxidation sites excluding steroid dienone is 4. The second-order valence-electron chi connectivity index (χ2n) is 12.5. The van der Waals surface area contributed by atoms with Crippen LogP contribution in [-0.4, -0.2) is 9.97 Å². The first-order valence-electron chi connectivity index (χ1n) is 16.6. The zero-order valence-corrected chi connectivity index (χ0v) is 26.5. The highest BCUT2D eigenvalue weighted by Gasteiger charge is 2.21. The highest BCUT2D eigenvalue weighted by atomic mass is 14.9. The number of rotatable bonds is 5. The molecule has 1 aliphatic carbocycles. The van der Waals surface area contributed by atoms with Crippen LogP contribution in [0.25, 0.3) is 82.7 Å². The van der Waals surface area contributed by atoms with E-state index in [4.69, 9.17) is 9.97 Å². The standard InChI is InChI=1S/C46H32N2/c1-4-13-31(14-5-1)35-24-26-41-42(27-35)44(39-22-12-20-34-19-10-11-21-38(34)39)40-25-23-36(32-15-6-2-7-16-32)28-43(40)45(41)46-47-29-37(30-48-46)33-17-8-3-9-18-33/h2-4,6-30H,1,5H2. The van der Waals surface area contributed by atoms with Gasteiger partial charge >= 0.3 is 0 Å². The zero-order valence-electron chi connectivity index (χ0n) is 26.5. The van der Waals surface area contributed by atoms with Crippen molar-refractivity contribution in [2.24, 2.45) is 0 Å². The fraction of sp³-hybridized carbons (Fsp3) is 0.0435. The van der Waals surface area contributed by atoms with Gasteiger partial charge in [0.1, 0.15) is 0 Å². The Kier molecular flexibility index (Phi) is 6.98. The van der Waals surface area contributed by atoms with Crippen LogP contribution in [0.1, 0.15) is 18.4 Å². The lowest BCUT2D eigenvalue weighted by atomic mass is 9.84. The van der Waals surface area contributed by atoms with Crippen LogP contribution >= 0.6 is 0 Å². The molecule has 9 rings (SSSR count). The van der Waals surface area contributed by atoms with Crippen LogP contribution in [0.15, 0.2) is 170 Å². The molecule has 1 aromatic heterocycles. The van der Waals surface area contributed by atoms with Gasteiger partial charge in [-0.1, -0.05) is 146 Å². The predicted octanol–water partition coefficient (Wildman–Crippen LogP) is 12.3. The summed E-state index contributed by atoms with van der Waals surface area (Å²) in [5, 5.41) is 7.16. The Bertz CT molecular complexity index is 2520. The number of benzene rings is 7. The predicted molar refractivity (Wildman–Crippen MR) is 203 cm³/mol. The molecule has 8 aromatic rings. The van der Waals surface area contributed by atoms with Crippen LogP contribution in [0.2, 0.25) is 0 Å². The van der Waals surface area contributed by atoms with Gasteiger partial charge in [0.15, 0.2) is 5.82 Å². The second-order valence-corrected chi connectivity index (χ2v) is 12.5. The fourth-order valence-corrected chi connectivity index (χ4v) is 7.26. The van der Waals surface area contributed by atoms with E-state index in [1.54, 1.807) is 0 Å². The largest absolute Gasteiger partial charge is 0.236 e. The van der Waals surface area contributed by atoms with Gasteiger partial charge in [-0.15, -0.1) is 0 Å². The van der Waals surface area contributed by atoms with E-state index in [-0.39, 0.29) is 0 Å². The number of hydrogen-bond donors (Lipinski definition) is 0. The molecule has 0 radical (unpaired) electrons. The fourth-order valence-electron chi connectivity index (χ4n) is 7.26. The Morgan fingerprint density at radius 1 is 0.417 bits per heavy atom. The van der Waals surface area contributed by atoms with Gasteiger partial charge in [-0.3, -0.25) is 0 Å². The van der Waals surface area contributed by atoms with Crippen LogP contribution in [0.4, 0.5) is 0 Å². The first-order chi connectivity index (χ1) is 23.8. The maximum Gasteiger partial charge on any atom is 0.160 e. The van der Waals surface area contributed by atoms with Crippen molar-refractivity contribution >= 4 is 37.9 Å². The van der Waals surface area contributed by atoms with Gasteiger partial charge < -0.3 is 0 Å². The van der Waals surface area contributed by atoms with Crippen molar-refractivity contribution < 1.29 is 0 Å². The van der Waals surface area contributed by atoms with Crippen molar-refractivity contribution in [2.75, 3.05) is 0 Å². The third-order valence-electron chi connectivity index (χ3n) is 9.59. The third kappa shape index (κ3) is 4.90. The number of hydrogen-bond acceptors (Lipinski definition) is 2. The molecule has 0 unspecified atom stereocenters. The summed E-state index contributed by atoms with van der Waals surface area (Å²) in [4.78, 5) is 10.1. The number of fused-ring (bicyclic) bond motifs is 3. The van der Waals surface area contributed by atoms with E-state index < -0.39 is 0 Å². The van der Waals surface area contributed by atoms with Gasteiger partial charge in [-0.25, -0.2) is 9.97 Å².